The van der Waals surface area contributed by atoms with Gasteiger partial charge in [0.2, 0.25) is 0 Å². The largest absolute Gasteiger partial charge is 0.478 e. The Balaban J connectivity index is 1.80. The molecule has 2 aliphatic rings. The number of likely N-dealkylation sites (tertiary alicyclic amines) is 1. The number of benzene rings is 1. The summed E-state index contributed by atoms with van der Waals surface area (Å²) in [5.74, 6) is -0.143. The first-order valence-corrected chi connectivity index (χ1v) is 7.74. The number of hydrogen-bond acceptors (Lipinski definition) is 4. The highest BCUT2D eigenvalue weighted by Crippen LogP contribution is 2.43. The number of carboxylic acids is 1. The Hall–Kier alpha value is -1.88. The van der Waals surface area contributed by atoms with Gasteiger partial charge in [0.1, 0.15) is 6.04 Å². The minimum Gasteiger partial charge on any atom is -0.478 e. The van der Waals surface area contributed by atoms with Gasteiger partial charge < -0.3 is 9.84 Å². The summed E-state index contributed by atoms with van der Waals surface area (Å²) in [6, 6.07) is 6.75. The molecular formula is C17H21NO4. The van der Waals surface area contributed by atoms with E-state index >= 15 is 0 Å². The summed E-state index contributed by atoms with van der Waals surface area (Å²) >= 11 is 0. The molecular weight excluding hydrogens is 282 g/mol. The van der Waals surface area contributed by atoms with Gasteiger partial charge >= 0.3 is 11.9 Å². The summed E-state index contributed by atoms with van der Waals surface area (Å²) < 4.78 is 5.00. The van der Waals surface area contributed by atoms with Crippen LogP contribution in [0.1, 0.15) is 35.2 Å². The fourth-order valence-corrected chi connectivity index (χ4v) is 4.04. The number of fused-ring (bicyclic) bond motifs is 1. The SMILES string of the molecule is COC(=O)C1C2CCCC2CN1Cc1cccc(C(=O)O)c1. The van der Waals surface area contributed by atoms with Gasteiger partial charge in [-0.05, 0) is 42.4 Å². The first-order chi connectivity index (χ1) is 10.6. The third-order valence-electron chi connectivity index (χ3n) is 4.99. The molecule has 0 radical (unpaired) electrons. The van der Waals surface area contributed by atoms with Gasteiger partial charge in [0.15, 0.2) is 0 Å². The van der Waals surface area contributed by atoms with Crippen molar-refractivity contribution in [3.63, 3.8) is 0 Å². The number of esters is 1. The van der Waals surface area contributed by atoms with Crippen molar-refractivity contribution in [2.75, 3.05) is 13.7 Å². The predicted octanol–water partition coefficient (Wildman–Crippen LogP) is 2.16. The number of carbonyl (C=O) groups is 2. The van der Waals surface area contributed by atoms with Gasteiger partial charge in [0.05, 0.1) is 12.7 Å². The summed E-state index contributed by atoms with van der Waals surface area (Å²) in [6.07, 6.45) is 3.44. The number of hydrogen-bond donors (Lipinski definition) is 1. The molecule has 118 valence electrons. The number of methoxy groups -OCH3 is 1. The topological polar surface area (TPSA) is 66.8 Å². The van der Waals surface area contributed by atoms with Crippen LogP contribution in [0.5, 0.6) is 0 Å². The minimum atomic E-state index is -0.926. The molecule has 1 saturated carbocycles. The number of ether oxygens (including phenoxy) is 1. The van der Waals surface area contributed by atoms with Crippen molar-refractivity contribution in [2.24, 2.45) is 11.8 Å². The van der Waals surface area contributed by atoms with Gasteiger partial charge in [-0.2, -0.15) is 0 Å². The van der Waals surface area contributed by atoms with E-state index in [9.17, 15) is 9.59 Å². The van der Waals surface area contributed by atoms with Crippen LogP contribution in [0.2, 0.25) is 0 Å². The van der Waals surface area contributed by atoms with Gasteiger partial charge in [-0.3, -0.25) is 9.69 Å². The van der Waals surface area contributed by atoms with E-state index in [4.69, 9.17) is 9.84 Å². The molecule has 1 N–H and O–H groups in total. The Morgan fingerprint density at radius 2 is 2.18 bits per heavy atom. The molecule has 1 saturated heterocycles. The molecule has 22 heavy (non-hydrogen) atoms. The van der Waals surface area contributed by atoms with E-state index in [-0.39, 0.29) is 17.6 Å². The normalized spacial score (nSPS) is 27.6. The van der Waals surface area contributed by atoms with Gasteiger partial charge in [-0.25, -0.2) is 4.79 Å². The lowest BCUT2D eigenvalue weighted by molar-refractivity contribution is -0.147. The summed E-state index contributed by atoms with van der Waals surface area (Å²) in [6.45, 7) is 1.48. The number of rotatable bonds is 4. The molecule has 1 aromatic carbocycles. The van der Waals surface area contributed by atoms with Crippen LogP contribution in [0.15, 0.2) is 24.3 Å². The molecule has 2 fully saturated rings. The molecule has 5 nitrogen and oxygen atoms in total. The second-order valence-corrected chi connectivity index (χ2v) is 6.26. The molecule has 0 spiro atoms. The summed E-state index contributed by atoms with van der Waals surface area (Å²) in [5, 5.41) is 9.09. The van der Waals surface area contributed by atoms with Gasteiger partial charge in [0.25, 0.3) is 0 Å². The Kier molecular flexibility index (Phi) is 4.16. The molecule has 0 aromatic heterocycles. The van der Waals surface area contributed by atoms with E-state index in [0.717, 1.165) is 18.5 Å². The number of carboxylic acid groups (broad SMARTS) is 1. The molecule has 3 unspecified atom stereocenters. The van der Waals surface area contributed by atoms with Crippen LogP contribution in [-0.4, -0.2) is 41.6 Å². The predicted molar refractivity (Wildman–Crippen MR) is 80.4 cm³/mol. The molecule has 1 aliphatic heterocycles. The standard InChI is InChI=1S/C17H21NO4/c1-22-17(21)15-14-7-3-6-13(14)10-18(15)9-11-4-2-5-12(8-11)16(19)20/h2,4-5,8,13-15H,3,6-7,9-10H2,1H3,(H,19,20). The van der Waals surface area contributed by atoms with Crippen molar-refractivity contribution in [3.05, 3.63) is 35.4 Å². The summed E-state index contributed by atoms with van der Waals surface area (Å²) in [5.41, 5.74) is 1.21. The monoisotopic (exact) mass is 303 g/mol. The third-order valence-corrected chi connectivity index (χ3v) is 4.99. The Morgan fingerprint density at radius 3 is 2.91 bits per heavy atom. The molecule has 1 heterocycles. The van der Waals surface area contributed by atoms with Crippen LogP contribution in [-0.2, 0) is 16.1 Å². The molecule has 3 rings (SSSR count). The zero-order valence-corrected chi connectivity index (χ0v) is 12.7. The second kappa shape index (κ2) is 6.08. The lowest BCUT2D eigenvalue weighted by Crippen LogP contribution is -2.40. The van der Waals surface area contributed by atoms with Crippen molar-refractivity contribution < 1.29 is 19.4 Å². The van der Waals surface area contributed by atoms with E-state index in [1.165, 1.54) is 20.0 Å². The van der Waals surface area contributed by atoms with Crippen molar-refractivity contribution in [3.8, 4) is 0 Å². The van der Waals surface area contributed by atoms with Crippen LogP contribution in [0.25, 0.3) is 0 Å². The maximum Gasteiger partial charge on any atom is 0.335 e. The Bertz CT molecular complexity index is 586. The lowest BCUT2D eigenvalue weighted by atomic mass is 9.94. The molecule has 3 atom stereocenters. The summed E-state index contributed by atoms with van der Waals surface area (Å²) in [4.78, 5) is 25.4. The number of carbonyl (C=O) groups excluding carboxylic acids is 1. The van der Waals surface area contributed by atoms with E-state index in [0.29, 0.717) is 18.4 Å². The van der Waals surface area contributed by atoms with Crippen LogP contribution < -0.4 is 0 Å². The molecule has 0 bridgehead atoms. The average molecular weight is 303 g/mol. The van der Waals surface area contributed by atoms with Crippen LogP contribution >= 0.6 is 0 Å². The van der Waals surface area contributed by atoms with E-state index in [1.54, 1.807) is 18.2 Å². The lowest BCUT2D eigenvalue weighted by Gasteiger charge is -2.25. The van der Waals surface area contributed by atoms with Crippen molar-refractivity contribution >= 4 is 11.9 Å². The Labute approximate surface area is 129 Å². The maximum absolute atomic E-state index is 12.2. The highest BCUT2D eigenvalue weighted by Gasteiger charge is 2.47. The molecule has 1 aromatic rings. The highest BCUT2D eigenvalue weighted by molar-refractivity contribution is 5.87. The van der Waals surface area contributed by atoms with Crippen molar-refractivity contribution in [1.82, 2.24) is 4.90 Å². The zero-order chi connectivity index (χ0) is 15.7. The fraction of sp³-hybridized carbons (Fsp3) is 0.529. The number of nitrogens with zero attached hydrogens (tertiary/aromatic N) is 1. The average Bonchev–Trinajstić information content (AvgIpc) is 3.07. The minimum absolute atomic E-state index is 0.163. The maximum atomic E-state index is 12.2. The van der Waals surface area contributed by atoms with Crippen molar-refractivity contribution in [1.29, 1.82) is 0 Å². The number of aromatic carboxylic acids is 1. The van der Waals surface area contributed by atoms with Gasteiger partial charge in [-0.1, -0.05) is 18.6 Å². The van der Waals surface area contributed by atoms with E-state index in [2.05, 4.69) is 4.90 Å². The molecule has 0 amide bonds. The van der Waals surface area contributed by atoms with E-state index in [1.807, 2.05) is 6.07 Å². The van der Waals surface area contributed by atoms with Crippen LogP contribution in [0, 0.1) is 11.8 Å². The Morgan fingerprint density at radius 1 is 1.36 bits per heavy atom. The third kappa shape index (κ3) is 2.73. The summed E-state index contributed by atoms with van der Waals surface area (Å²) in [7, 11) is 1.44. The first kappa shape index (κ1) is 15.0. The highest BCUT2D eigenvalue weighted by atomic mass is 16.5. The zero-order valence-electron chi connectivity index (χ0n) is 12.7. The smallest absolute Gasteiger partial charge is 0.335 e. The van der Waals surface area contributed by atoms with Crippen LogP contribution in [0.3, 0.4) is 0 Å². The van der Waals surface area contributed by atoms with Crippen LogP contribution in [0.4, 0.5) is 0 Å². The first-order valence-electron chi connectivity index (χ1n) is 7.74. The van der Waals surface area contributed by atoms with Gasteiger partial charge in [0, 0.05) is 13.1 Å². The fourth-order valence-electron chi connectivity index (χ4n) is 4.04. The van der Waals surface area contributed by atoms with Gasteiger partial charge in [-0.15, -0.1) is 0 Å². The molecule has 5 heteroatoms. The second-order valence-electron chi connectivity index (χ2n) is 6.26. The van der Waals surface area contributed by atoms with E-state index < -0.39 is 5.97 Å². The molecule has 1 aliphatic carbocycles. The quantitative estimate of drug-likeness (QED) is 0.863. The van der Waals surface area contributed by atoms with Crippen molar-refractivity contribution in [2.45, 2.75) is 31.8 Å².